The van der Waals surface area contributed by atoms with E-state index in [4.69, 9.17) is 11.6 Å². The Morgan fingerprint density at radius 2 is 1.76 bits per heavy atom. The fourth-order valence-electron chi connectivity index (χ4n) is 3.34. The number of aliphatic hydroxyl groups excluding tert-OH is 1. The lowest BCUT2D eigenvalue weighted by molar-refractivity contribution is -0.0344. The predicted octanol–water partition coefficient (Wildman–Crippen LogP) is 4.28. The van der Waals surface area contributed by atoms with Gasteiger partial charge in [0.1, 0.15) is 5.82 Å². The van der Waals surface area contributed by atoms with Gasteiger partial charge in [0.15, 0.2) is 0 Å². The van der Waals surface area contributed by atoms with Crippen LogP contribution in [0.4, 0.5) is 4.39 Å². The third kappa shape index (κ3) is 3.77. The van der Waals surface area contributed by atoms with Crippen molar-refractivity contribution in [2.75, 3.05) is 13.1 Å². The van der Waals surface area contributed by atoms with Crippen molar-refractivity contribution in [2.45, 2.75) is 58.6 Å². The Bertz CT molecular complexity index is 424. The van der Waals surface area contributed by atoms with Crippen molar-refractivity contribution in [3.05, 3.63) is 34.6 Å². The van der Waals surface area contributed by atoms with Crippen molar-refractivity contribution >= 4 is 11.6 Å². The second kappa shape index (κ2) is 8.11. The minimum absolute atomic E-state index is 0.240. The first-order chi connectivity index (χ1) is 9.96. The molecule has 1 unspecified atom stereocenters. The molecular formula is C17H27ClFNO. The molecule has 21 heavy (non-hydrogen) atoms. The van der Waals surface area contributed by atoms with E-state index in [1.165, 1.54) is 6.07 Å². The maximum Gasteiger partial charge on any atom is 0.127 e. The van der Waals surface area contributed by atoms with E-state index in [1.807, 2.05) is 0 Å². The van der Waals surface area contributed by atoms with Gasteiger partial charge in [-0.05, 0) is 38.1 Å². The van der Waals surface area contributed by atoms with E-state index in [2.05, 4.69) is 32.6 Å². The fraction of sp³-hybridized carbons (Fsp3) is 0.647. The monoisotopic (exact) mass is 315 g/mol. The van der Waals surface area contributed by atoms with Crippen LogP contribution in [0.25, 0.3) is 0 Å². The van der Waals surface area contributed by atoms with Gasteiger partial charge in [0.05, 0.1) is 6.10 Å². The summed E-state index contributed by atoms with van der Waals surface area (Å²) in [7, 11) is 0. The van der Waals surface area contributed by atoms with Crippen LogP contribution in [0.1, 0.15) is 46.1 Å². The van der Waals surface area contributed by atoms with Gasteiger partial charge in [-0.3, -0.25) is 4.90 Å². The Balaban J connectivity index is 3.10. The molecule has 0 aromatic heterocycles. The summed E-state index contributed by atoms with van der Waals surface area (Å²) in [5, 5.41) is 11.2. The van der Waals surface area contributed by atoms with Crippen LogP contribution in [0.5, 0.6) is 0 Å². The zero-order valence-corrected chi connectivity index (χ0v) is 14.3. The maximum atomic E-state index is 14.0. The van der Waals surface area contributed by atoms with Gasteiger partial charge < -0.3 is 5.11 Å². The highest BCUT2D eigenvalue weighted by atomic mass is 35.5. The van der Waals surface area contributed by atoms with Gasteiger partial charge in [-0.2, -0.15) is 0 Å². The number of hydrogen-bond acceptors (Lipinski definition) is 2. The lowest BCUT2D eigenvalue weighted by atomic mass is 9.81. The van der Waals surface area contributed by atoms with E-state index in [0.717, 1.165) is 25.9 Å². The summed E-state index contributed by atoms with van der Waals surface area (Å²) in [6.45, 7) is 10.1. The molecule has 120 valence electrons. The van der Waals surface area contributed by atoms with Crippen LogP contribution in [0.15, 0.2) is 18.2 Å². The van der Waals surface area contributed by atoms with Crippen molar-refractivity contribution in [1.82, 2.24) is 4.90 Å². The standard InChI is InChI=1S/C17H27ClFNO/c1-5-17(6-2,20(7-3)8-4)16(21)12-13-14(18)10-9-11-15(13)19/h9-11,16,21H,5-8,12H2,1-4H3. The van der Waals surface area contributed by atoms with Gasteiger partial charge in [-0.15, -0.1) is 0 Å². The van der Waals surface area contributed by atoms with Crippen molar-refractivity contribution in [2.24, 2.45) is 0 Å². The molecule has 0 aliphatic rings. The summed E-state index contributed by atoms with van der Waals surface area (Å²) < 4.78 is 14.0. The van der Waals surface area contributed by atoms with Crippen molar-refractivity contribution in [1.29, 1.82) is 0 Å². The molecule has 1 atom stereocenters. The maximum absolute atomic E-state index is 14.0. The Labute approximate surface area is 132 Å². The molecule has 0 radical (unpaired) electrons. The number of likely N-dealkylation sites (N-methyl/N-ethyl adjacent to an activating group) is 1. The van der Waals surface area contributed by atoms with Crippen LogP contribution < -0.4 is 0 Å². The van der Waals surface area contributed by atoms with E-state index in [-0.39, 0.29) is 17.8 Å². The number of aliphatic hydroxyl groups is 1. The summed E-state index contributed by atoms with van der Waals surface area (Å²) >= 11 is 6.09. The van der Waals surface area contributed by atoms with E-state index in [0.29, 0.717) is 10.6 Å². The molecule has 0 spiro atoms. The summed E-state index contributed by atoms with van der Waals surface area (Å²) in [5.41, 5.74) is 0.0693. The number of benzene rings is 1. The van der Waals surface area contributed by atoms with Crippen LogP contribution in [0.2, 0.25) is 5.02 Å². The third-order valence-electron chi connectivity index (χ3n) is 4.70. The van der Waals surface area contributed by atoms with Gasteiger partial charge in [0.25, 0.3) is 0 Å². The Morgan fingerprint density at radius 3 is 2.19 bits per heavy atom. The summed E-state index contributed by atoms with van der Waals surface area (Å²) in [6.07, 6.45) is 1.22. The highest BCUT2D eigenvalue weighted by Gasteiger charge is 2.39. The number of halogens is 2. The SMILES string of the molecule is CCN(CC)C(CC)(CC)C(O)Cc1c(F)cccc1Cl. The van der Waals surface area contributed by atoms with Crippen LogP contribution in [0, 0.1) is 5.82 Å². The van der Waals surface area contributed by atoms with Crippen molar-refractivity contribution in [3.63, 3.8) is 0 Å². The Hall–Kier alpha value is -0.640. The first-order valence-electron chi connectivity index (χ1n) is 7.82. The molecule has 0 amide bonds. The molecular weight excluding hydrogens is 289 g/mol. The molecule has 0 bridgehead atoms. The molecule has 1 N–H and O–H groups in total. The topological polar surface area (TPSA) is 23.5 Å². The first-order valence-corrected chi connectivity index (χ1v) is 8.20. The molecule has 0 fully saturated rings. The molecule has 1 rings (SSSR count). The van der Waals surface area contributed by atoms with Crippen LogP contribution >= 0.6 is 11.6 Å². The minimum Gasteiger partial charge on any atom is -0.391 e. The molecule has 4 heteroatoms. The van der Waals surface area contributed by atoms with Crippen LogP contribution in [-0.4, -0.2) is 34.7 Å². The van der Waals surface area contributed by atoms with Crippen molar-refractivity contribution in [3.8, 4) is 0 Å². The van der Waals surface area contributed by atoms with E-state index in [1.54, 1.807) is 12.1 Å². The number of rotatable bonds is 8. The molecule has 0 aliphatic carbocycles. The minimum atomic E-state index is -0.651. The number of hydrogen-bond donors (Lipinski definition) is 1. The highest BCUT2D eigenvalue weighted by Crippen LogP contribution is 2.32. The summed E-state index contributed by atoms with van der Waals surface area (Å²) in [5.74, 6) is -0.345. The van der Waals surface area contributed by atoms with E-state index >= 15 is 0 Å². The largest absolute Gasteiger partial charge is 0.391 e. The molecule has 0 saturated heterocycles. The molecule has 0 aliphatic heterocycles. The van der Waals surface area contributed by atoms with E-state index in [9.17, 15) is 9.50 Å². The molecule has 1 aromatic rings. The lowest BCUT2D eigenvalue weighted by Gasteiger charge is -2.46. The van der Waals surface area contributed by atoms with Gasteiger partial charge in [-0.1, -0.05) is 45.4 Å². The second-order valence-electron chi connectivity index (χ2n) is 5.40. The Kier molecular flexibility index (Phi) is 7.11. The lowest BCUT2D eigenvalue weighted by Crippen LogP contribution is -2.56. The zero-order valence-electron chi connectivity index (χ0n) is 13.5. The fourth-order valence-corrected chi connectivity index (χ4v) is 3.58. The van der Waals surface area contributed by atoms with Gasteiger partial charge in [-0.25, -0.2) is 4.39 Å². The average Bonchev–Trinajstić information content (AvgIpc) is 2.48. The van der Waals surface area contributed by atoms with Crippen LogP contribution in [0.3, 0.4) is 0 Å². The normalized spacial score (nSPS) is 13.7. The van der Waals surface area contributed by atoms with E-state index < -0.39 is 6.10 Å². The average molecular weight is 316 g/mol. The summed E-state index contributed by atoms with van der Waals surface area (Å²) in [4.78, 5) is 2.27. The van der Waals surface area contributed by atoms with Gasteiger partial charge in [0.2, 0.25) is 0 Å². The summed E-state index contributed by atoms with van der Waals surface area (Å²) in [6, 6.07) is 4.65. The van der Waals surface area contributed by atoms with Gasteiger partial charge >= 0.3 is 0 Å². The van der Waals surface area contributed by atoms with Crippen molar-refractivity contribution < 1.29 is 9.50 Å². The van der Waals surface area contributed by atoms with Crippen LogP contribution in [-0.2, 0) is 6.42 Å². The first kappa shape index (κ1) is 18.4. The zero-order chi connectivity index (χ0) is 16.0. The highest BCUT2D eigenvalue weighted by molar-refractivity contribution is 6.31. The predicted molar refractivity (Wildman–Crippen MR) is 87.4 cm³/mol. The third-order valence-corrected chi connectivity index (χ3v) is 5.05. The molecule has 0 heterocycles. The second-order valence-corrected chi connectivity index (χ2v) is 5.81. The molecule has 0 saturated carbocycles. The molecule has 2 nitrogen and oxygen atoms in total. The Morgan fingerprint density at radius 1 is 1.19 bits per heavy atom. The quantitative estimate of drug-likeness (QED) is 0.774. The molecule has 1 aromatic carbocycles. The number of nitrogens with zero attached hydrogens (tertiary/aromatic N) is 1. The smallest absolute Gasteiger partial charge is 0.127 e. The van der Waals surface area contributed by atoms with Gasteiger partial charge in [0, 0.05) is 22.5 Å².